The van der Waals surface area contributed by atoms with Crippen molar-refractivity contribution in [3.63, 3.8) is 0 Å². The molecule has 0 radical (unpaired) electrons. The molecule has 1 N–H and O–H groups in total. The summed E-state index contributed by atoms with van der Waals surface area (Å²) in [5.41, 5.74) is 2.18. The van der Waals surface area contributed by atoms with E-state index in [2.05, 4.69) is 43.4 Å². The minimum absolute atomic E-state index is 0.228. The Balaban J connectivity index is 2.24. The fourth-order valence-electron chi connectivity index (χ4n) is 2.30. The lowest BCUT2D eigenvalue weighted by molar-refractivity contribution is 0.179. The molecule has 1 atom stereocenters. The SMILES string of the molecule is CCCNC(CCOC)c1cc2cccc(C)c2o1. The number of rotatable bonds is 7. The number of hydrogen-bond donors (Lipinski definition) is 1. The van der Waals surface area contributed by atoms with Crippen LogP contribution in [0.25, 0.3) is 11.0 Å². The summed E-state index contributed by atoms with van der Waals surface area (Å²) in [6, 6.07) is 8.62. The van der Waals surface area contributed by atoms with E-state index in [9.17, 15) is 0 Å². The summed E-state index contributed by atoms with van der Waals surface area (Å²) in [4.78, 5) is 0. The monoisotopic (exact) mass is 261 g/mol. The molecule has 0 aliphatic rings. The molecule has 0 aliphatic heterocycles. The van der Waals surface area contributed by atoms with Crippen molar-refractivity contribution in [1.29, 1.82) is 0 Å². The van der Waals surface area contributed by atoms with Gasteiger partial charge in [0, 0.05) is 19.1 Å². The maximum atomic E-state index is 6.04. The van der Waals surface area contributed by atoms with E-state index in [-0.39, 0.29) is 6.04 Å². The summed E-state index contributed by atoms with van der Waals surface area (Å²) in [6.07, 6.45) is 2.04. The van der Waals surface area contributed by atoms with Crippen LogP contribution in [0.15, 0.2) is 28.7 Å². The Labute approximate surface area is 114 Å². The zero-order valence-corrected chi connectivity index (χ0v) is 12.0. The Morgan fingerprint density at radius 3 is 2.89 bits per heavy atom. The second-order valence-corrected chi connectivity index (χ2v) is 4.93. The van der Waals surface area contributed by atoms with Gasteiger partial charge in [-0.3, -0.25) is 0 Å². The summed E-state index contributed by atoms with van der Waals surface area (Å²) in [7, 11) is 1.74. The molecule has 1 aromatic carbocycles. The maximum absolute atomic E-state index is 6.04. The molecule has 0 amide bonds. The van der Waals surface area contributed by atoms with Gasteiger partial charge in [0.15, 0.2) is 0 Å². The highest BCUT2D eigenvalue weighted by Gasteiger charge is 2.16. The highest BCUT2D eigenvalue weighted by Crippen LogP contribution is 2.27. The Morgan fingerprint density at radius 1 is 1.37 bits per heavy atom. The van der Waals surface area contributed by atoms with E-state index in [4.69, 9.17) is 9.15 Å². The summed E-state index contributed by atoms with van der Waals surface area (Å²) >= 11 is 0. The molecule has 0 saturated carbocycles. The van der Waals surface area contributed by atoms with Crippen molar-refractivity contribution in [2.45, 2.75) is 32.7 Å². The van der Waals surface area contributed by atoms with Gasteiger partial charge in [-0.1, -0.05) is 25.1 Å². The molecule has 1 aromatic heterocycles. The Hall–Kier alpha value is -1.32. The first-order valence-corrected chi connectivity index (χ1v) is 6.97. The minimum atomic E-state index is 0.228. The quantitative estimate of drug-likeness (QED) is 0.822. The first kappa shape index (κ1) is 14.1. The fraction of sp³-hybridized carbons (Fsp3) is 0.500. The molecule has 0 aliphatic carbocycles. The van der Waals surface area contributed by atoms with E-state index in [0.717, 1.165) is 37.3 Å². The Morgan fingerprint density at radius 2 is 2.21 bits per heavy atom. The van der Waals surface area contributed by atoms with Crippen molar-refractivity contribution < 1.29 is 9.15 Å². The van der Waals surface area contributed by atoms with Gasteiger partial charge in [0.25, 0.3) is 0 Å². The van der Waals surface area contributed by atoms with Gasteiger partial charge >= 0.3 is 0 Å². The third-order valence-corrected chi connectivity index (χ3v) is 3.35. The maximum Gasteiger partial charge on any atom is 0.137 e. The van der Waals surface area contributed by atoms with Crippen LogP contribution >= 0.6 is 0 Å². The van der Waals surface area contributed by atoms with Crippen LogP contribution in [0.2, 0.25) is 0 Å². The summed E-state index contributed by atoms with van der Waals surface area (Å²) in [6.45, 7) is 5.98. The van der Waals surface area contributed by atoms with Crippen LogP contribution in [0.3, 0.4) is 0 Å². The number of benzene rings is 1. The van der Waals surface area contributed by atoms with Gasteiger partial charge in [0.1, 0.15) is 11.3 Å². The number of methoxy groups -OCH3 is 1. The Kier molecular flexibility index (Phi) is 5.00. The van der Waals surface area contributed by atoms with Gasteiger partial charge in [-0.05, 0) is 37.9 Å². The van der Waals surface area contributed by atoms with Crippen molar-refractivity contribution in [1.82, 2.24) is 5.32 Å². The second-order valence-electron chi connectivity index (χ2n) is 4.93. The molecule has 1 unspecified atom stereocenters. The third kappa shape index (κ3) is 3.37. The highest BCUT2D eigenvalue weighted by molar-refractivity contribution is 5.80. The zero-order valence-electron chi connectivity index (χ0n) is 12.0. The van der Waals surface area contributed by atoms with Crippen LogP contribution in [-0.4, -0.2) is 20.3 Å². The van der Waals surface area contributed by atoms with Crippen molar-refractivity contribution >= 4 is 11.0 Å². The highest BCUT2D eigenvalue weighted by atomic mass is 16.5. The first-order valence-electron chi connectivity index (χ1n) is 6.97. The normalized spacial score (nSPS) is 13.0. The zero-order chi connectivity index (χ0) is 13.7. The number of fused-ring (bicyclic) bond motifs is 1. The molecule has 3 heteroatoms. The van der Waals surface area contributed by atoms with Crippen LogP contribution < -0.4 is 5.32 Å². The molecule has 0 bridgehead atoms. The number of nitrogens with one attached hydrogen (secondary N) is 1. The van der Waals surface area contributed by atoms with Crippen molar-refractivity contribution in [3.8, 4) is 0 Å². The molecule has 3 nitrogen and oxygen atoms in total. The lowest BCUT2D eigenvalue weighted by Crippen LogP contribution is -2.22. The second kappa shape index (κ2) is 6.73. The number of aryl methyl sites for hydroxylation is 1. The van der Waals surface area contributed by atoms with Gasteiger partial charge in [0.2, 0.25) is 0 Å². The average Bonchev–Trinajstić information content (AvgIpc) is 2.84. The van der Waals surface area contributed by atoms with E-state index < -0.39 is 0 Å². The summed E-state index contributed by atoms with van der Waals surface area (Å²) in [5, 5.41) is 4.70. The molecule has 0 fully saturated rings. The predicted octanol–water partition coefficient (Wildman–Crippen LogP) is 3.82. The first-order chi connectivity index (χ1) is 9.26. The molecule has 19 heavy (non-hydrogen) atoms. The molecular weight excluding hydrogens is 238 g/mol. The molecule has 104 valence electrons. The van der Waals surface area contributed by atoms with Crippen LogP contribution in [0.4, 0.5) is 0 Å². The molecule has 0 spiro atoms. The molecule has 2 aromatic rings. The Bertz CT molecular complexity index is 510. The van der Waals surface area contributed by atoms with Gasteiger partial charge in [-0.15, -0.1) is 0 Å². The molecular formula is C16H23NO2. The van der Waals surface area contributed by atoms with E-state index in [1.54, 1.807) is 7.11 Å². The summed E-state index contributed by atoms with van der Waals surface area (Å²) < 4.78 is 11.2. The van der Waals surface area contributed by atoms with Gasteiger partial charge < -0.3 is 14.5 Å². The summed E-state index contributed by atoms with van der Waals surface area (Å²) in [5.74, 6) is 1.01. The van der Waals surface area contributed by atoms with E-state index in [0.29, 0.717) is 0 Å². The van der Waals surface area contributed by atoms with Gasteiger partial charge in [-0.2, -0.15) is 0 Å². The molecule has 1 heterocycles. The van der Waals surface area contributed by atoms with E-state index in [1.807, 2.05) is 0 Å². The smallest absolute Gasteiger partial charge is 0.137 e. The number of para-hydroxylation sites is 1. The number of furan rings is 1. The fourth-order valence-corrected chi connectivity index (χ4v) is 2.30. The lowest BCUT2D eigenvalue weighted by Gasteiger charge is -2.15. The largest absolute Gasteiger partial charge is 0.459 e. The third-order valence-electron chi connectivity index (χ3n) is 3.35. The molecule has 2 rings (SSSR count). The standard InChI is InChI=1S/C16H23NO2/c1-4-9-17-14(8-10-18-3)15-11-13-7-5-6-12(2)16(13)19-15/h5-7,11,14,17H,4,8-10H2,1-3H3. The lowest BCUT2D eigenvalue weighted by atomic mass is 10.1. The van der Waals surface area contributed by atoms with Crippen LogP contribution in [0.5, 0.6) is 0 Å². The van der Waals surface area contributed by atoms with E-state index in [1.165, 1.54) is 10.9 Å². The topological polar surface area (TPSA) is 34.4 Å². The minimum Gasteiger partial charge on any atom is -0.459 e. The molecule has 0 saturated heterocycles. The van der Waals surface area contributed by atoms with Crippen molar-refractivity contribution in [3.05, 3.63) is 35.6 Å². The van der Waals surface area contributed by atoms with E-state index >= 15 is 0 Å². The van der Waals surface area contributed by atoms with Gasteiger partial charge in [0.05, 0.1) is 6.04 Å². The average molecular weight is 261 g/mol. The van der Waals surface area contributed by atoms with Crippen LogP contribution in [0, 0.1) is 6.92 Å². The predicted molar refractivity (Wildman–Crippen MR) is 78.5 cm³/mol. The number of ether oxygens (including phenoxy) is 1. The van der Waals surface area contributed by atoms with Crippen molar-refractivity contribution in [2.24, 2.45) is 0 Å². The van der Waals surface area contributed by atoms with Crippen molar-refractivity contribution in [2.75, 3.05) is 20.3 Å². The van der Waals surface area contributed by atoms with Gasteiger partial charge in [-0.25, -0.2) is 0 Å². The van der Waals surface area contributed by atoms with Crippen LogP contribution in [-0.2, 0) is 4.74 Å². The van der Waals surface area contributed by atoms with Crippen LogP contribution in [0.1, 0.15) is 37.1 Å². The number of hydrogen-bond acceptors (Lipinski definition) is 3.